The number of benzene rings is 1. The monoisotopic (exact) mass is 502 g/mol. The molecular weight excluding hydrogens is 479 g/mol. The summed E-state index contributed by atoms with van der Waals surface area (Å²) in [6.07, 6.45) is 1.75. The van der Waals surface area contributed by atoms with Crippen molar-refractivity contribution in [1.29, 1.82) is 0 Å². The van der Waals surface area contributed by atoms with E-state index in [-0.39, 0.29) is 24.6 Å². The maximum Gasteiger partial charge on any atom is 0.325 e. The van der Waals surface area contributed by atoms with Gasteiger partial charge in [0.2, 0.25) is 0 Å². The lowest BCUT2D eigenvalue weighted by atomic mass is 9.97. The van der Waals surface area contributed by atoms with Crippen LogP contribution in [0.1, 0.15) is 41.7 Å². The Hall–Kier alpha value is -2.61. The van der Waals surface area contributed by atoms with Crippen LogP contribution in [-0.2, 0) is 9.53 Å². The smallest absolute Gasteiger partial charge is 0.325 e. The van der Waals surface area contributed by atoms with Crippen LogP contribution in [0.4, 0.5) is 0 Å². The summed E-state index contributed by atoms with van der Waals surface area (Å²) in [6, 6.07) is 12.8. The molecule has 172 valence electrons. The normalized spacial score (nSPS) is 17.8. The number of pyridine rings is 1. The van der Waals surface area contributed by atoms with E-state index in [4.69, 9.17) is 40.2 Å². The van der Waals surface area contributed by atoms with Gasteiger partial charge in [-0.1, -0.05) is 29.3 Å². The quantitative estimate of drug-likeness (QED) is 0.363. The number of nitrogens with one attached hydrogen (secondary N) is 1. The highest BCUT2D eigenvalue weighted by molar-refractivity contribution is 7.80. The van der Waals surface area contributed by atoms with Crippen molar-refractivity contribution in [2.45, 2.75) is 32.9 Å². The minimum Gasteiger partial charge on any atom is -0.465 e. The van der Waals surface area contributed by atoms with E-state index in [1.165, 1.54) is 0 Å². The molecule has 1 aliphatic rings. The van der Waals surface area contributed by atoms with Gasteiger partial charge < -0.3 is 19.5 Å². The minimum atomic E-state index is -0.331. The van der Waals surface area contributed by atoms with Gasteiger partial charge in [0, 0.05) is 22.6 Å². The van der Waals surface area contributed by atoms with Crippen LogP contribution in [0.2, 0.25) is 10.0 Å². The largest absolute Gasteiger partial charge is 0.465 e. The summed E-state index contributed by atoms with van der Waals surface area (Å²) in [6.45, 7) is 6.19. The zero-order valence-corrected chi connectivity index (χ0v) is 20.8. The van der Waals surface area contributed by atoms with E-state index in [1.807, 2.05) is 49.1 Å². The molecule has 6 nitrogen and oxygen atoms in total. The number of thiocarbonyl (C=S) groups is 1. The van der Waals surface area contributed by atoms with E-state index in [9.17, 15) is 4.79 Å². The number of aryl methyl sites for hydroxylation is 1. The Labute approximate surface area is 208 Å². The number of aromatic nitrogens is 2. The number of halogens is 2. The molecule has 1 aromatic carbocycles. The van der Waals surface area contributed by atoms with E-state index in [2.05, 4.69) is 20.9 Å². The first kappa shape index (κ1) is 23.5. The van der Waals surface area contributed by atoms with Gasteiger partial charge in [-0.3, -0.25) is 9.78 Å². The van der Waals surface area contributed by atoms with Gasteiger partial charge in [0.15, 0.2) is 5.11 Å². The average Bonchev–Trinajstić information content (AvgIpc) is 3.25. The van der Waals surface area contributed by atoms with E-state index in [1.54, 1.807) is 19.2 Å². The van der Waals surface area contributed by atoms with Crippen LogP contribution in [-0.4, -0.2) is 38.7 Å². The molecule has 9 heteroatoms. The molecule has 33 heavy (non-hydrogen) atoms. The summed E-state index contributed by atoms with van der Waals surface area (Å²) >= 11 is 18.3. The van der Waals surface area contributed by atoms with Crippen LogP contribution in [0.3, 0.4) is 0 Å². The Kier molecular flexibility index (Phi) is 6.93. The Morgan fingerprint density at radius 1 is 1.21 bits per heavy atom. The third-order valence-electron chi connectivity index (χ3n) is 5.74. The average molecular weight is 503 g/mol. The molecule has 1 N–H and O–H groups in total. The van der Waals surface area contributed by atoms with Crippen molar-refractivity contribution in [3.63, 3.8) is 0 Å². The molecule has 0 spiro atoms. The van der Waals surface area contributed by atoms with Crippen LogP contribution >= 0.6 is 35.4 Å². The molecule has 0 bridgehead atoms. The lowest BCUT2D eigenvalue weighted by Crippen LogP contribution is -2.35. The fourth-order valence-corrected chi connectivity index (χ4v) is 5.18. The molecule has 0 saturated carbocycles. The lowest BCUT2D eigenvalue weighted by molar-refractivity contribution is -0.143. The fourth-order valence-electron chi connectivity index (χ4n) is 4.38. The highest BCUT2D eigenvalue weighted by atomic mass is 35.5. The topological polar surface area (TPSA) is 59.4 Å². The number of nitrogens with zero attached hydrogens (tertiary/aromatic N) is 3. The fraction of sp³-hybridized carbons (Fsp3) is 0.292. The zero-order valence-electron chi connectivity index (χ0n) is 18.5. The van der Waals surface area contributed by atoms with Crippen LogP contribution in [0, 0.1) is 13.8 Å². The molecule has 0 radical (unpaired) electrons. The number of hydrogen-bond donors (Lipinski definition) is 1. The van der Waals surface area contributed by atoms with Crippen molar-refractivity contribution in [2.24, 2.45) is 0 Å². The van der Waals surface area contributed by atoms with Crippen LogP contribution in [0.5, 0.6) is 0 Å². The molecule has 0 aliphatic carbocycles. The molecule has 4 rings (SSSR count). The van der Waals surface area contributed by atoms with E-state index in [0.717, 1.165) is 28.3 Å². The Morgan fingerprint density at radius 2 is 2.00 bits per heavy atom. The molecule has 1 fully saturated rings. The third-order valence-corrected chi connectivity index (χ3v) is 6.63. The second kappa shape index (κ2) is 9.71. The van der Waals surface area contributed by atoms with Crippen LogP contribution in [0.15, 0.2) is 48.7 Å². The number of ether oxygens (including phenoxy) is 1. The van der Waals surface area contributed by atoms with Gasteiger partial charge in [-0.2, -0.15) is 0 Å². The molecule has 2 aromatic heterocycles. The second-order valence-corrected chi connectivity index (χ2v) is 9.05. The number of esters is 1. The van der Waals surface area contributed by atoms with Gasteiger partial charge in [0.1, 0.15) is 6.54 Å². The van der Waals surface area contributed by atoms with Crippen LogP contribution < -0.4 is 5.32 Å². The second-order valence-electron chi connectivity index (χ2n) is 7.82. The van der Waals surface area contributed by atoms with Gasteiger partial charge in [0.05, 0.1) is 35.1 Å². The summed E-state index contributed by atoms with van der Waals surface area (Å²) in [5.41, 5.74) is 4.68. The van der Waals surface area contributed by atoms with Crippen molar-refractivity contribution in [3.05, 3.63) is 81.4 Å². The Bertz CT molecular complexity index is 1200. The van der Waals surface area contributed by atoms with Gasteiger partial charge in [0.25, 0.3) is 0 Å². The minimum absolute atomic E-state index is 0.0407. The van der Waals surface area contributed by atoms with Gasteiger partial charge >= 0.3 is 5.97 Å². The first-order valence-electron chi connectivity index (χ1n) is 10.6. The van der Waals surface area contributed by atoms with Crippen molar-refractivity contribution in [2.75, 3.05) is 13.2 Å². The Balaban J connectivity index is 1.83. The molecule has 1 saturated heterocycles. The van der Waals surface area contributed by atoms with E-state index < -0.39 is 0 Å². The van der Waals surface area contributed by atoms with Crippen molar-refractivity contribution >= 4 is 46.5 Å². The molecule has 0 amide bonds. The molecular formula is C24H24Cl2N4O2S. The molecule has 3 aromatic rings. The maximum atomic E-state index is 12.4. The summed E-state index contributed by atoms with van der Waals surface area (Å²) in [4.78, 5) is 18.8. The summed E-state index contributed by atoms with van der Waals surface area (Å²) in [5, 5.41) is 4.98. The van der Waals surface area contributed by atoms with Crippen molar-refractivity contribution < 1.29 is 9.53 Å². The first-order chi connectivity index (χ1) is 15.8. The van der Waals surface area contributed by atoms with Gasteiger partial charge in [-0.25, -0.2) is 0 Å². The predicted molar refractivity (Wildman–Crippen MR) is 134 cm³/mol. The van der Waals surface area contributed by atoms with Crippen molar-refractivity contribution in [1.82, 2.24) is 19.8 Å². The number of carbonyl (C=O) groups excluding carboxylic acids is 1. The van der Waals surface area contributed by atoms with Crippen LogP contribution in [0.25, 0.3) is 5.69 Å². The highest BCUT2D eigenvalue weighted by Crippen LogP contribution is 2.41. The molecule has 2 atom stereocenters. The van der Waals surface area contributed by atoms with E-state index in [0.29, 0.717) is 21.8 Å². The highest BCUT2D eigenvalue weighted by Gasteiger charge is 2.42. The zero-order chi connectivity index (χ0) is 23.7. The maximum absolute atomic E-state index is 12.4. The van der Waals surface area contributed by atoms with Gasteiger partial charge in [-0.15, -0.1) is 0 Å². The first-order valence-corrected chi connectivity index (χ1v) is 11.8. The number of carbonyl (C=O) groups is 1. The molecule has 0 unspecified atom stereocenters. The molecule has 1 aliphatic heterocycles. The summed E-state index contributed by atoms with van der Waals surface area (Å²) in [7, 11) is 0. The lowest BCUT2D eigenvalue weighted by Gasteiger charge is -2.27. The summed E-state index contributed by atoms with van der Waals surface area (Å²) in [5.74, 6) is -0.331. The predicted octanol–water partition coefficient (Wildman–Crippen LogP) is 5.33. The van der Waals surface area contributed by atoms with E-state index >= 15 is 0 Å². The van der Waals surface area contributed by atoms with Crippen molar-refractivity contribution in [3.8, 4) is 5.69 Å². The third kappa shape index (κ3) is 4.58. The van der Waals surface area contributed by atoms with Gasteiger partial charge in [-0.05, 0) is 75.0 Å². The number of rotatable bonds is 6. The molecule has 3 heterocycles. The number of hydrogen-bond acceptors (Lipinski definition) is 4. The SMILES string of the molecule is CCOC(=O)CN1C(=S)N[C@H](c2ccccn2)[C@H]1c1cc(C)n(-c2ccc(Cl)cc2Cl)c1C. The Morgan fingerprint density at radius 3 is 2.67 bits per heavy atom. The standard InChI is InChI=1S/C24H24Cl2N4O2S/c1-4-32-21(31)13-29-23(22(28-24(29)33)19-7-5-6-10-27-19)17-11-14(2)30(15(17)3)20-9-8-16(25)12-18(20)26/h5-12,22-23H,4,13H2,1-3H3,(H,28,33)/t22-,23-/m1/s1. The summed E-state index contributed by atoms with van der Waals surface area (Å²) < 4.78 is 7.30.